The van der Waals surface area contributed by atoms with Crippen LogP contribution in [0.4, 0.5) is 4.39 Å². The summed E-state index contributed by atoms with van der Waals surface area (Å²) in [6, 6.07) is 5.69. The highest BCUT2D eigenvalue weighted by Crippen LogP contribution is 2.40. The monoisotopic (exact) mass is 305 g/mol. The van der Waals surface area contributed by atoms with Crippen LogP contribution in [-0.4, -0.2) is 7.05 Å². The van der Waals surface area contributed by atoms with Crippen LogP contribution in [0.1, 0.15) is 37.5 Å². The summed E-state index contributed by atoms with van der Waals surface area (Å²) in [6.07, 6.45) is 3.86. The summed E-state index contributed by atoms with van der Waals surface area (Å²) >= 11 is 1.62. The molecule has 1 aliphatic rings. The molecule has 0 radical (unpaired) electrons. The molecule has 1 unspecified atom stereocenters. The number of allylic oxidation sites excluding steroid dienone is 2. The van der Waals surface area contributed by atoms with Gasteiger partial charge in [0.25, 0.3) is 5.85 Å². The van der Waals surface area contributed by atoms with Gasteiger partial charge in [0.05, 0.1) is 0 Å². The number of hydrogen-bond donors (Lipinski definition) is 1. The third kappa shape index (κ3) is 3.32. The number of fused-ring (bicyclic) bond motifs is 1. The zero-order chi connectivity index (χ0) is 15.6. The van der Waals surface area contributed by atoms with E-state index in [4.69, 9.17) is 4.74 Å². The lowest BCUT2D eigenvalue weighted by atomic mass is 9.96. The third-order valence-corrected chi connectivity index (χ3v) is 4.24. The number of hydrogen-bond acceptors (Lipinski definition) is 3. The highest BCUT2D eigenvalue weighted by Gasteiger charge is 2.34. The van der Waals surface area contributed by atoms with Crippen LogP contribution in [0, 0.1) is 0 Å². The van der Waals surface area contributed by atoms with Crippen molar-refractivity contribution < 1.29 is 9.13 Å². The maximum absolute atomic E-state index is 14.6. The second-order valence-electron chi connectivity index (χ2n) is 5.04. The summed E-state index contributed by atoms with van der Waals surface area (Å²) in [5, 5.41) is 2.86. The van der Waals surface area contributed by atoms with Gasteiger partial charge in [-0.05, 0) is 35.9 Å². The van der Waals surface area contributed by atoms with E-state index in [9.17, 15) is 4.39 Å². The Labute approximate surface area is 129 Å². The molecule has 2 nitrogen and oxygen atoms in total. The minimum Gasteiger partial charge on any atom is -0.439 e. The van der Waals surface area contributed by atoms with Crippen LogP contribution in [0.3, 0.4) is 0 Å². The molecule has 112 valence electrons. The highest BCUT2D eigenvalue weighted by atomic mass is 32.2. The molecule has 4 heteroatoms. The molecule has 0 fully saturated rings. The first-order valence-corrected chi connectivity index (χ1v) is 7.61. The Balaban J connectivity index is 2.48. The summed E-state index contributed by atoms with van der Waals surface area (Å²) in [5.74, 6) is -1.39. The molecular weight excluding hydrogens is 285 g/mol. The van der Waals surface area contributed by atoms with Crippen molar-refractivity contribution in [3.05, 3.63) is 58.3 Å². The Kier molecular flexibility index (Phi) is 4.47. The lowest BCUT2D eigenvalue weighted by Gasteiger charge is -2.30. The zero-order valence-electron chi connectivity index (χ0n) is 12.8. The molecule has 1 heterocycles. The summed E-state index contributed by atoms with van der Waals surface area (Å²) < 4.78 is 19.9. The molecule has 2 rings (SSSR count). The number of thioether (sulfide) groups is 1. The van der Waals surface area contributed by atoms with Gasteiger partial charge in [0.15, 0.2) is 5.88 Å². The van der Waals surface area contributed by atoms with E-state index in [0.717, 1.165) is 20.9 Å². The largest absolute Gasteiger partial charge is 0.439 e. The first-order chi connectivity index (χ1) is 9.87. The smallest absolute Gasteiger partial charge is 0.273 e. The van der Waals surface area contributed by atoms with Gasteiger partial charge in [-0.25, -0.2) is 0 Å². The summed E-state index contributed by atoms with van der Waals surface area (Å²) in [6.45, 7) is 9.31. The number of benzene rings is 1. The topological polar surface area (TPSA) is 21.3 Å². The molecule has 0 saturated carbocycles. The fourth-order valence-electron chi connectivity index (χ4n) is 2.27. The number of ether oxygens (including phenoxy) is 1. The van der Waals surface area contributed by atoms with Gasteiger partial charge in [-0.2, -0.15) is 4.39 Å². The number of halogens is 1. The van der Waals surface area contributed by atoms with Crippen molar-refractivity contribution in [1.29, 1.82) is 0 Å². The number of nitrogens with one attached hydrogen (secondary N) is 1. The summed E-state index contributed by atoms with van der Waals surface area (Å²) in [7, 11) is 1.71. The summed E-state index contributed by atoms with van der Waals surface area (Å²) in [4.78, 5) is 2.13. The molecule has 0 aromatic heterocycles. The van der Waals surface area contributed by atoms with Crippen molar-refractivity contribution in [1.82, 2.24) is 5.32 Å². The van der Waals surface area contributed by atoms with Gasteiger partial charge in [0, 0.05) is 30.5 Å². The van der Waals surface area contributed by atoms with Crippen molar-refractivity contribution in [3.8, 4) is 0 Å². The molecule has 1 aromatic carbocycles. The molecule has 0 aliphatic carbocycles. The number of rotatable bonds is 4. The predicted octanol–water partition coefficient (Wildman–Crippen LogP) is 5.00. The van der Waals surface area contributed by atoms with E-state index in [2.05, 4.69) is 11.9 Å². The first-order valence-electron chi connectivity index (χ1n) is 6.79. The van der Waals surface area contributed by atoms with Gasteiger partial charge in [-0.15, -0.1) is 0 Å². The number of alkyl halides is 1. The van der Waals surface area contributed by atoms with Crippen molar-refractivity contribution in [2.45, 2.75) is 26.6 Å². The Morgan fingerprint density at radius 2 is 2.19 bits per heavy atom. The van der Waals surface area contributed by atoms with E-state index in [0.29, 0.717) is 11.4 Å². The standard InChI is InChI=1S/C17H20FNOS/c1-6-15(21-11(2)3)12-7-8-14-13(9-12)10-16(19-5)20-17(14,4)18/h6-10,19H,2H2,1,3-5H3/b15-6-. The van der Waals surface area contributed by atoms with E-state index in [-0.39, 0.29) is 0 Å². The first kappa shape index (κ1) is 15.7. The molecule has 0 bridgehead atoms. The normalized spacial score (nSPS) is 21.2. The van der Waals surface area contributed by atoms with E-state index in [1.165, 1.54) is 6.92 Å². The maximum Gasteiger partial charge on any atom is 0.273 e. The van der Waals surface area contributed by atoms with Crippen LogP contribution in [0.5, 0.6) is 0 Å². The fraction of sp³-hybridized carbons (Fsp3) is 0.294. The third-order valence-electron chi connectivity index (χ3n) is 3.20. The fourth-order valence-corrected chi connectivity index (χ4v) is 3.01. The van der Waals surface area contributed by atoms with Gasteiger partial charge in [0.2, 0.25) is 0 Å². The quantitative estimate of drug-likeness (QED) is 0.845. The lowest BCUT2D eigenvalue weighted by Crippen LogP contribution is -2.28. The Bertz CT molecular complexity index is 632. The molecule has 1 aromatic rings. The molecule has 1 atom stereocenters. The molecule has 21 heavy (non-hydrogen) atoms. The van der Waals surface area contributed by atoms with Crippen molar-refractivity contribution in [3.63, 3.8) is 0 Å². The average molecular weight is 305 g/mol. The minimum atomic E-state index is -1.82. The molecule has 0 amide bonds. The van der Waals surface area contributed by atoms with Crippen LogP contribution in [-0.2, 0) is 10.6 Å². The van der Waals surface area contributed by atoms with E-state index in [1.807, 2.05) is 38.1 Å². The second-order valence-corrected chi connectivity index (χ2v) is 6.38. The van der Waals surface area contributed by atoms with Crippen molar-refractivity contribution in [2.24, 2.45) is 0 Å². The van der Waals surface area contributed by atoms with Gasteiger partial charge >= 0.3 is 0 Å². The lowest BCUT2D eigenvalue weighted by molar-refractivity contribution is -0.109. The zero-order valence-corrected chi connectivity index (χ0v) is 13.6. The average Bonchev–Trinajstić information content (AvgIpc) is 2.43. The van der Waals surface area contributed by atoms with E-state index >= 15 is 0 Å². The van der Waals surface area contributed by atoms with Crippen LogP contribution in [0.15, 0.2) is 41.6 Å². The molecule has 0 spiro atoms. The Morgan fingerprint density at radius 1 is 1.48 bits per heavy atom. The molecule has 0 saturated heterocycles. The highest BCUT2D eigenvalue weighted by molar-refractivity contribution is 8.11. The Morgan fingerprint density at radius 3 is 2.76 bits per heavy atom. The molecular formula is C17H20FNOS. The van der Waals surface area contributed by atoms with Gasteiger partial charge in [0.1, 0.15) is 0 Å². The van der Waals surface area contributed by atoms with Crippen molar-refractivity contribution >= 4 is 22.7 Å². The van der Waals surface area contributed by atoms with Gasteiger partial charge in [-0.3, -0.25) is 0 Å². The maximum atomic E-state index is 14.6. The SMILES string of the molecule is C=C(C)S/C(=C\C)c1ccc2c(c1)C=C(NC)OC2(C)F. The molecule has 1 N–H and O–H groups in total. The Hall–Kier alpha value is -1.68. The van der Waals surface area contributed by atoms with Crippen LogP contribution >= 0.6 is 11.8 Å². The van der Waals surface area contributed by atoms with Gasteiger partial charge < -0.3 is 10.1 Å². The minimum absolute atomic E-state index is 0.430. The van der Waals surface area contributed by atoms with Crippen LogP contribution < -0.4 is 5.32 Å². The van der Waals surface area contributed by atoms with Crippen molar-refractivity contribution in [2.75, 3.05) is 7.05 Å². The predicted molar refractivity (Wildman–Crippen MR) is 89.1 cm³/mol. The van der Waals surface area contributed by atoms with E-state index in [1.54, 1.807) is 24.9 Å². The van der Waals surface area contributed by atoms with Crippen LogP contribution in [0.25, 0.3) is 11.0 Å². The van der Waals surface area contributed by atoms with Crippen LogP contribution in [0.2, 0.25) is 0 Å². The second kappa shape index (κ2) is 5.98. The summed E-state index contributed by atoms with van der Waals surface area (Å²) in [5.41, 5.74) is 2.42. The van der Waals surface area contributed by atoms with Gasteiger partial charge in [-0.1, -0.05) is 36.5 Å². The molecule has 1 aliphatic heterocycles. The van der Waals surface area contributed by atoms with E-state index < -0.39 is 5.85 Å².